The van der Waals surface area contributed by atoms with E-state index >= 15 is 0 Å². The average molecular weight is 383 g/mol. The minimum absolute atomic E-state index is 0.0512. The summed E-state index contributed by atoms with van der Waals surface area (Å²) in [5.74, 6) is 1.20. The zero-order chi connectivity index (χ0) is 20.3. The minimum atomic E-state index is -0.119. The van der Waals surface area contributed by atoms with Crippen molar-refractivity contribution in [3.8, 4) is 11.5 Å². The molecule has 0 saturated carbocycles. The molecule has 1 amide bonds. The molecule has 28 heavy (non-hydrogen) atoms. The highest BCUT2D eigenvalue weighted by molar-refractivity contribution is 5.78. The summed E-state index contributed by atoms with van der Waals surface area (Å²) < 4.78 is 14.0. The van der Waals surface area contributed by atoms with Gasteiger partial charge in [-0.05, 0) is 18.2 Å². The fourth-order valence-corrected chi connectivity index (χ4v) is 3.40. The lowest BCUT2D eigenvalue weighted by Crippen LogP contribution is -2.29. The van der Waals surface area contributed by atoms with Gasteiger partial charge in [0.1, 0.15) is 0 Å². The molecule has 0 aliphatic rings. The summed E-state index contributed by atoms with van der Waals surface area (Å²) in [5, 5.41) is 0. The average Bonchev–Trinajstić information content (AvgIpc) is 2.96. The summed E-state index contributed by atoms with van der Waals surface area (Å²) in [6, 6.07) is 13.2. The number of imidazole rings is 1. The third kappa shape index (κ3) is 3.60. The molecular formula is C21H25N3O4. The van der Waals surface area contributed by atoms with Crippen LogP contribution in [0.2, 0.25) is 0 Å². The van der Waals surface area contributed by atoms with Gasteiger partial charge in [0.05, 0.1) is 25.3 Å². The summed E-state index contributed by atoms with van der Waals surface area (Å²) in [6.07, 6.45) is 0.233. The van der Waals surface area contributed by atoms with Gasteiger partial charge in [0.2, 0.25) is 5.91 Å². The van der Waals surface area contributed by atoms with E-state index in [4.69, 9.17) is 9.47 Å². The first kappa shape index (κ1) is 19.5. The number of aryl methyl sites for hydroxylation is 2. The number of ether oxygens (including phenoxy) is 2. The second-order valence-electron chi connectivity index (χ2n) is 6.63. The number of para-hydroxylation sites is 3. The maximum atomic E-state index is 12.7. The van der Waals surface area contributed by atoms with Crippen molar-refractivity contribution in [2.45, 2.75) is 19.5 Å². The maximum Gasteiger partial charge on any atom is 0.328 e. The lowest BCUT2D eigenvalue weighted by Gasteiger charge is -2.20. The molecule has 0 fully saturated rings. The second kappa shape index (κ2) is 8.21. The van der Waals surface area contributed by atoms with E-state index in [0.29, 0.717) is 24.6 Å². The van der Waals surface area contributed by atoms with Crippen molar-refractivity contribution in [2.24, 2.45) is 7.05 Å². The minimum Gasteiger partial charge on any atom is -0.493 e. The van der Waals surface area contributed by atoms with Crippen molar-refractivity contribution < 1.29 is 14.3 Å². The van der Waals surface area contributed by atoms with Gasteiger partial charge in [-0.15, -0.1) is 0 Å². The van der Waals surface area contributed by atoms with Gasteiger partial charge in [-0.1, -0.05) is 24.3 Å². The highest BCUT2D eigenvalue weighted by Gasteiger charge is 2.16. The molecule has 1 aromatic heterocycles. The van der Waals surface area contributed by atoms with Crippen LogP contribution in [-0.2, 0) is 24.9 Å². The topological polar surface area (TPSA) is 65.7 Å². The Morgan fingerprint density at radius 1 is 1.04 bits per heavy atom. The summed E-state index contributed by atoms with van der Waals surface area (Å²) in [5.41, 5.74) is 2.43. The van der Waals surface area contributed by atoms with Crippen molar-refractivity contribution in [1.82, 2.24) is 14.0 Å². The highest BCUT2D eigenvalue weighted by Crippen LogP contribution is 2.31. The number of carbonyl (C=O) groups is 1. The van der Waals surface area contributed by atoms with Crippen molar-refractivity contribution >= 4 is 16.9 Å². The molecule has 0 aliphatic heterocycles. The van der Waals surface area contributed by atoms with Crippen LogP contribution in [0.5, 0.6) is 11.5 Å². The lowest BCUT2D eigenvalue weighted by atomic mass is 10.1. The number of amides is 1. The molecule has 0 bridgehead atoms. The molecule has 1 heterocycles. The first-order valence-corrected chi connectivity index (χ1v) is 9.06. The Bertz CT molecular complexity index is 1050. The smallest absolute Gasteiger partial charge is 0.328 e. The SMILES string of the molecule is COc1cccc(CN(C)C(=O)CCn2c(=O)n(C)c3ccccc32)c1OC. The Labute approximate surface area is 163 Å². The molecule has 0 radical (unpaired) electrons. The van der Waals surface area contributed by atoms with Crippen LogP contribution in [0.4, 0.5) is 0 Å². The Morgan fingerprint density at radius 3 is 2.43 bits per heavy atom. The normalized spacial score (nSPS) is 10.9. The number of nitrogens with zero attached hydrogens (tertiary/aromatic N) is 3. The molecule has 2 aromatic carbocycles. The third-order valence-corrected chi connectivity index (χ3v) is 4.92. The lowest BCUT2D eigenvalue weighted by molar-refractivity contribution is -0.130. The molecule has 3 rings (SSSR count). The molecular weight excluding hydrogens is 358 g/mol. The van der Waals surface area contributed by atoms with Gasteiger partial charge in [0.15, 0.2) is 11.5 Å². The fourth-order valence-electron chi connectivity index (χ4n) is 3.40. The number of carbonyl (C=O) groups excluding carboxylic acids is 1. The Hall–Kier alpha value is -3.22. The molecule has 0 N–H and O–H groups in total. The highest BCUT2D eigenvalue weighted by atomic mass is 16.5. The zero-order valence-electron chi connectivity index (χ0n) is 16.6. The van der Waals surface area contributed by atoms with E-state index in [-0.39, 0.29) is 18.0 Å². The van der Waals surface area contributed by atoms with Crippen LogP contribution in [0.25, 0.3) is 11.0 Å². The van der Waals surface area contributed by atoms with Crippen LogP contribution >= 0.6 is 0 Å². The van der Waals surface area contributed by atoms with Gasteiger partial charge in [0.25, 0.3) is 0 Å². The Morgan fingerprint density at radius 2 is 1.75 bits per heavy atom. The van der Waals surface area contributed by atoms with Crippen LogP contribution in [0.15, 0.2) is 47.3 Å². The summed E-state index contributed by atoms with van der Waals surface area (Å²) >= 11 is 0. The number of methoxy groups -OCH3 is 2. The standard InChI is InChI=1S/C21H25N3O4/c1-22(14-15-8-7-11-18(27-3)20(15)28-4)19(25)12-13-24-17-10-6-5-9-16(17)23(2)21(24)26/h5-11H,12-14H2,1-4H3. The van der Waals surface area contributed by atoms with Gasteiger partial charge in [-0.3, -0.25) is 13.9 Å². The number of hydrogen-bond donors (Lipinski definition) is 0. The van der Waals surface area contributed by atoms with Crippen LogP contribution in [0, 0.1) is 0 Å². The first-order valence-electron chi connectivity index (χ1n) is 9.06. The van der Waals surface area contributed by atoms with Crippen LogP contribution in [-0.4, -0.2) is 41.2 Å². The molecule has 0 spiro atoms. The quantitative estimate of drug-likeness (QED) is 0.628. The molecule has 148 valence electrons. The van der Waals surface area contributed by atoms with Gasteiger partial charge in [-0.2, -0.15) is 0 Å². The van der Waals surface area contributed by atoms with Crippen molar-refractivity contribution in [3.05, 3.63) is 58.5 Å². The largest absolute Gasteiger partial charge is 0.493 e. The van der Waals surface area contributed by atoms with Crippen LogP contribution < -0.4 is 15.2 Å². The first-order chi connectivity index (χ1) is 13.5. The molecule has 0 unspecified atom stereocenters. The van der Waals surface area contributed by atoms with E-state index in [1.807, 2.05) is 42.5 Å². The number of hydrogen-bond acceptors (Lipinski definition) is 4. The van der Waals surface area contributed by atoms with Crippen molar-refractivity contribution in [2.75, 3.05) is 21.3 Å². The van der Waals surface area contributed by atoms with Crippen molar-refractivity contribution in [1.29, 1.82) is 0 Å². The maximum absolute atomic E-state index is 12.7. The zero-order valence-corrected chi connectivity index (χ0v) is 16.6. The van der Waals surface area contributed by atoms with Crippen molar-refractivity contribution in [3.63, 3.8) is 0 Å². The predicted molar refractivity (Wildman–Crippen MR) is 108 cm³/mol. The third-order valence-electron chi connectivity index (χ3n) is 4.92. The van der Waals surface area contributed by atoms with E-state index in [9.17, 15) is 9.59 Å². The van der Waals surface area contributed by atoms with E-state index in [1.165, 1.54) is 0 Å². The van der Waals surface area contributed by atoms with Crippen LogP contribution in [0.3, 0.4) is 0 Å². The molecule has 3 aromatic rings. The monoisotopic (exact) mass is 383 g/mol. The Balaban J connectivity index is 1.73. The van der Waals surface area contributed by atoms with E-state index in [2.05, 4.69) is 0 Å². The number of aromatic nitrogens is 2. The molecule has 7 nitrogen and oxygen atoms in total. The molecule has 0 saturated heterocycles. The number of benzene rings is 2. The Kier molecular flexibility index (Phi) is 5.73. The number of fused-ring (bicyclic) bond motifs is 1. The fraction of sp³-hybridized carbons (Fsp3) is 0.333. The van der Waals surface area contributed by atoms with E-state index in [1.54, 1.807) is 42.3 Å². The van der Waals surface area contributed by atoms with Gasteiger partial charge in [-0.25, -0.2) is 4.79 Å². The van der Waals surface area contributed by atoms with Gasteiger partial charge >= 0.3 is 5.69 Å². The number of rotatable bonds is 7. The predicted octanol–water partition coefficient (Wildman–Crippen LogP) is 2.41. The molecule has 0 atom stereocenters. The van der Waals surface area contributed by atoms with Gasteiger partial charge < -0.3 is 14.4 Å². The van der Waals surface area contributed by atoms with Gasteiger partial charge in [0, 0.05) is 39.2 Å². The van der Waals surface area contributed by atoms with Crippen LogP contribution in [0.1, 0.15) is 12.0 Å². The van der Waals surface area contributed by atoms with E-state index in [0.717, 1.165) is 16.6 Å². The molecule has 0 aliphatic carbocycles. The van der Waals surface area contributed by atoms with E-state index < -0.39 is 0 Å². The summed E-state index contributed by atoms with van der Waals surface area (Å²) in [7, 11) is 6.64. The molecule has 7 heteroatoms. The second-order valence-corrected chi connectivity index (χ2v) is 6.63. The summed E-state index contributed by atoms with van der Waals surface area (Å²) in [6.45, 7) is 0.724. The summed E-state index contributed by atoms with van der Waals surface area (Å²) in [4.78, 5) is 26.8.